The summed E-state index contributed by atoms with van der Waals surface area (Å²) in [5, 5.41) is 16.6. The Balaban J connectivity index is 1.36. The van der Waals surface area contributed by atoms with Crippen molar-refractivity contribution < 1.29 is 14.3 Å². The molecule has 0 aliphatic rings. The van der Waals surface area contributed by atoms with Crippen LogP contribution >= 0.6 is 22.7 Å². The number of rotatable bonds is 6. The van der Waals surface area contributed by atoms with Crippen LogP contribution in [0.2, 0.25) is 0 Å². The predicted molar refractivity (Wildman–Crippen MR) is 116 cm³/mol. The van der Waals surface area contributed by atoms with Crippen molar-refractivity contribution in [1.82, 2.24) is 20.0 Å². The van der Waals surface area contributed by atoms with E-state index in [1.807, 2.05) is 38.2 Å². The molecular weight excluding hydrogens is 422 g/mol. The van der Waals surface area contributed by atoms with Crippen LogP contribution in [0.1, 0.15) is 42.7 Å². The van der Waals surface area contributed by atoms with Gasteiger partial charge in [-0.3, -0.25) is 9.48 Å². The summed E-state index contributed by atoms with van der Waals surface area (Å²) in [7, 11) is 1.84. The minimum Gasteiger partial charge on any atom is -0.454 e. The minimum absolute atomic E-state index is 0.0412. The van der Waals surface area contributed by atoms with Crippen molar-refractivity contribution in [3.8, 4) is 0 Å². The minimum atomic E-state index is -0.437. The van der Waals surface area contributed by atoms with Gasteiger partial charge < -0.3 is 10.1 Å². The van der Waals surface area contributed by atoms with Crippen LogP contribution in [0, 0.1) is 6.92 Å². The number of ether oxygens (including phenoxy) is 1. The largest absolute Gasteiger partial charge is 0.454 e. The fraction of sp³-hybridized carbons (Fsp3) is 0.250. The van der Waals surface area contributed by atoms with Gasteiger partial charge in [-0.05, 0) is 37.1 Å². The molecule has 30 heavy (non-hydrogen) atoms. The Morgan fingerprint density at radius 2 is 1.93 bits per heavy atom. The Hall–Kier alpha value is -3.11. The third-order valence-corrected chi connectivity index (χ3v) is 6.58. The molecular formula is C20H19N5O3S2. The molecule has 0 atom stereocenters. The van der Waals surface area contributed by atoms with Gasteiger partial charge in [-0.2, -0.15) is 5.10 Å². The first-order valence-electron chi connectivity index (χ1n) is 9.27. The van der Waals surface area contributed by atoms with Crippen molar-refractivity contribution >= 4 is 50.5 Å². The molecule has 4 aromatic rings. The molecule has 8 nitrogen and oxygen atoms in total. The lowest BCUT2D eigenvalue weighted by molar-refractivity contribution is 0.0477. The topological polar surface area (TPSA) is 99.0 Å². The second-order valence-electron chi connectivity index (χ2n) is 6.62. The van der Waals surface area contributed by atoms with Gasteiger partial charge in [0.05, 0.1) is 5.69 Å². The molecule has 1 N–H and O–H groups in total. The highest BCUT2D eigenvalue weighted by atomic mass is 32.1. The molecule has 10 heteroatoms. The molecule has 3 heterocycles. The van der Waals surface area contributed by atoms with E-state index in [1.54, 1.807) is 10.7 Å². The van der Waals surface area contributed by atoms with Gasteiger partial charge in [0, 0.05) is 18.1 Å². The van der Waals surface area contributed by atoms with Crippen molar-refractivity contribution in [2.45, 2.75) is 26.9 Å². The third-order valence-electron chi connectivity index (χ3n) is 4.51. The van der Waals surface area contributed by atoms with E-state index < -0.39 is 5.97 Å². The van der Waals surface area contributed by atoms with Crippen LogP contribution in [0.15, 0.2) is 30.3 Å². The van der Waals surface area contributed by atoms with Gasteiger partial charge in [0.15, 0.2) is 5.01 Å². The van der Waals surface area contributed by atoms with Gasteiger partial charge in [-0.1, -0.05) is 30.4 Å². The Bertz CT molecular complexity index is 1190. The summed E-state index contributed by atoms with van der Waals surface area (Å²) in [6.45, 7) is 3.93. The summed E-state index contributed by atoms with van der Waals surface area (Å²) >= 11 is 2.43. The number of amides is 1. The number of thiophene rings is 1. The maximum Gasteiger partial charge on any atom is 0.348 e. The second kappa shape index (κ2) is 8.33. The highest BCUT2D eigenvalue weighted by Gasteiger charge is 2.18. The monoisotopic (exact) mass is 441 g/mol. The number of nitrogens with one attached hydrogen (secondary N) is 1. The lowest BCUT2D eigenvalue weighted by Crippen LogP contribution is -2.11. The van der Waals surface area contributed by atoms with Crippen LogP contribution < -0.4 is 5.32 Å². The molecule has 0 spiro atoms. The van der Waals surface area contributed by atoms with Crippen LogP contribution in [0.25, 0.3) is 10.2 Å². The molecule has 154 valence electrons. The lowest BCUT2D eigenvalue weighted by Gasteiger charge is -2.03. The average molecular weight is 442 g/mol. The molecule has 0 radical (unpaired) electrons. The van der Waals surface area contributed by atoms with E-state index in [0.717, 1.165) is 33.7 Å². The zero-order valence-electron chi connectivity index (χ0n) is 16.6. The van der Waals surface area contributed by atoms with Crippen LogP contribution in [0.3, 0.4) is 0 Å². The number of aromatic nitrogens is 4. The van der Waals surface area contributed by atoms with Crippen molar-refractivity contribution in [2.24, 2.45) is 7.05 Å². The van der Waals surface area contributed by atoms with Crippen LogP contribution in [-0.4, -0.2) is 31.9 Å². The van der Waals surface area contributed by atoms with E-state index in [1.165, 1.54) is 16.9 Å². The van der Waals surface area contributed by atoms with Gasteiger partial charge >= 0.3 is 5.97 Å². The van der Waals surface area contributed by atoms with E-state index in [9.17, 15) is 9.59 Å². The zero-order valence-corrected chi connectivity index (χ0v) is 18.3. The first kappa shape index (κ1) is 20.2. The highest BCUT2D eigenvalue weighted by molar-refractivity contribution is 7.20. The van der Waals surface area contributed by atoms with Crippen LogP contribution in [0.4, 0.5) is 5.69 Å². The van der Waals surface area contributed by atoms with Gasteiger partial charge in [0.1, 0.15) is 16.3 Å². The Morgan fingerprint density at radius 1 is 1.17 bits per heavy atom. The normalized spacial score (nSPS) is 11.0. The Kier molecular flexibility index (Phi) is 5.60. The van der Waals surface area contributed by atoms with Crippen molar-refractivity contribution in [2.75, 3.05) is 5.32 Å². The molecule has 0 bridgehead atoms. The van der Waals surface area contributed by atoms with Gasteiger partial charge in [-0.15, -0.1) is 21.5 Å². The molecule has 4 rings (SSSR count). The molecule has 1 aromatic carbocycles. The first-order chi connectivity index (χ1) is 14.4. The smallest absolute Gasteiger partial charge is 0.348 e. The van der Waals surface area contributed by atoms with Gasteiger partial charge in [0.25, 0.3) is 5.91 Å². The fourth-order valence-electron chi connectivity index (χ4n) is 2.92. The average Bonchev–Trinajstić information content (AvgIpc) is 3.45. The Labute approximate surface area is 180 Å². The summed E-state index contributed by atoms with van der Waals surface area (Å²) in [5.74, 6) is -0.783. The number of hydrogen-bond donors (Lipinski definition) is 1. The van der Waals surface area contributed by atoms with Crippen molar-refractivity contribution in [3.05, 3.63) is 56.5 Å². The maximum absolute atomic E-state index is 12.4. The predicted octanol–water partition coefficient (Wildman–Crippen LogP) is 3.97. The molecule has 0 saturated carbocycles. The molecule has 0 aliphatic carbocycles. The van der Waals surface area contributed by atoms with Gasteiger partial charge in [-0.25, -0.2) is 4.79 Å². The number of carbonyl (C=O) groups excluding carboxylic acids is 2. The highest BCUT2D eigenvalue weighted by Crippen LogP contribution is 2.28. The number of hydrogen-bond acceptors (Lipinski definition) is 8. The lowest BCUT2D eigenvalue weighted by atomic mass is 10.1. The number of nitrogens with zero attached hydrogens (tertiary/aromatic N) is 4. The summed E-state index contributed by atoms with van der Waals surface area (Å²) in [6, 6.07) is 9.41. The first-order valence-corrected chi connectivity index (χ1v) is 10.9. The molecule has 0 unspecified atom stereocenters. The van der Waals surface area contributed by atoms with E-state index >= 15 is 0 Å². The van der Waals surface area contributed by atoms with E-state index in [2.05, 4.69) is 27.5 Å². The number of fused-ring (bicyclic) bond motifs is 1. The number of aryl methyl sites for hydroxylation is 3. The fourth-order valence-corrected chi connectivity index (χ4v) is 4.58. The molecule has 1 amide bonds. The summed E-state index contributed by atoms with van der Waals surface area (Å²) < 4.78 is 7.10. The Morgan fingerprint density at radius 3 is 2.63 bits per heavy atom. The number of carbonyl (C=O) groups is 2. The zero-order chi connectivity index (χ0) is 21.3. The van der Waals surface area contributed by atoms with Crippen LogP contribution in [0.5, 0.6) is 0 Å². The summed E-state index contributed by atoms with van der Waals surface area (Å²) in [6.07, 6.45) is 0.935. The van der Waals surface area contributed by atoms with E-state index in [-0.39, 0.29) is 17.5 Å². The van der Waals surface area contributed by atoms with E-state index in [4.69, 9.17) is 4.74 Å². The third kappa shape index (κ3) is 4.10. The van der Waals surface area contributed by atoms with Crippen molar-refractivity contribution in [1.29, 1.82) is 0 Å². The molecule has 0 saturated heterocycles. The van der Waals surface area contributed by atoms with E-state index in [0.29, 0.717) is 15.6 Å². The number of anilines is 1. The number of benzene rings is 1. The molecule has 0 fully saturated rings. The second-order valence-corrected chi connectivity index (χ2v) is 8.71. The SMILES string of the molecule is CCc1ccc(NC(=O)c2nnc(COC(=O)c3cc4c(C)nn(C)c4s3)s2)cc1. The molecule has 3 aromatic heterocycles. The van der Waals surface area contributed by atoms with Crippen molar-refractivity contribution in [3.63, 3.8) is 0 Å². The van der Waals surface area contributed by atoms with Crippen LogP contribution in [-0.2, 0) is 24.8 Å². The van der Waals surface area contributed by atoms with Gasteiger partial charge in [0.2, 0.25) is 5.01 Å². The quantitative estimate of drug-likeness (QED) is 0.455. The standard InChI is InChI=1S/C20H19N5O3S2/c1-4-12-5-7-13(8-6-12)21-17(26)18-23-22-16(30-18)10-28-20(27)15-9-14-11(2)24-25(3)19(14)29-15/h5-9H,4,10H2,1-3H3,(H,21,26). The number of esters is 1. The molecule has 0 aliphatic heterocycles. The summed E-state index contributed by atoms with van der Waals surface area (Å²) in [5.41, 5.74) is 2.75. The maximum atomic E-state index is 12.4. The summed E-state index contributed by atoms with van der Waals surface area (Å²) in [4.78, 5) is 26.2.